The van der Waals surface area contributed by atoms with Gasteiger partial charge in [0, 0.05) is 0 Å². The summed E-state index contributed by atoms with van der Waals surface area (Å²) in [4.78, 5) is 0. The summed E-state index contributed by atoms with van der Waals surface area (Å²) >= 11 is 0. The van der Waals surface area contributed by atoms with E-state index in [1.807, 2.05) is 0 Å². The highest BCUT2D eigenvalue weighted by Gasteiger charge is 2.61. The molecule has 14 bridgehead atoms. The van der Waals surface area contributed by atoms with Gasteiger partial charge in [-0.15, -0.1) is 0 Å². The van der Waals surface area contributed by atoms with Gasteiger partial charge in [0.05, 0.1) is 5.60 Å². The fourth-order valence-electron chi connectivity index (χ4n) is 21.2. The minimum Gasteiger partial charge on any atom is -0.390 e. The third-order valence-electron chi connectivity index (χ3n) is 22.5. The fraction of sp³-hybridized carbons (Fsp3) is 0.905. The predicted molar refractivity (Wildman–Crippen MR) is 276 cm³/mol. The second-order valence-electron chi connectivity index (χ2n) is 29.8. The minimum atomic E-state index is -0.256. The van der Waals surface area contributed by atoms with Gasteiger partial charge in [-0.2, -0.15) is 0 Å². The molecule has 0 spiro atoms. The summed E-state index contributed by atoms with van der Waals surface area (Å²) in [6.07, 6.45) is 32.5. The molecule has 1 aromatic carbocycles. The summed E-state index contributed by atoms with van der Waals surface area (Å²) in [7, 11) is 0. The number of hydrogen-bond acceptors (Lipinski definition) is 1. The Hall–Kier alpha value is -0.820. The zero-order valence-corrected chi connectivity index (χ0v) is 45.2. The molecule has 14 aliphatic rings. The maximum Gasteiger partial charge on any atom is 0.0658 e. The lowest BCUT2D eigenvalue weighted by Crippen LogP contribution is -2.57. The minimum absolute atomic E-state index is 0.256. The van der Waals surface area contributed by atoms with Crippen LogP contribution in [0.5, 0.6) is 0 Å². The van der Waals surface area contributed by atoms with Crippen LogP contribution < -0.4 is 0 Å². The monoisotopic (exact) mass is 879 g/mol. The van der Waals surface area contributed by atoms with Crippen molar-refractivity contribution in [2.75, 3.05) is 0 Å². The van der Waals surface area contributed by atoms with Crippen molar-refractivity contribution in [1.82, 2.24) is 0 Å². The van der Waals surface area contributed by atoms with Gasteiger partial charge in [0.15, 0.2) is 0 Å². The average Bonchev–Trinajstić information content (AvgIpc) is 3.77. The van der Waals surface area contributed by atoms with Crippen molar-refractivity contribution in [2.45, 2.75) is 257 Å². The molecule has 1 heteroatoms. The molecule has 7 unspecified atom stereocenters. The molecule has 14 saturated carbocycles. The van der Waals surface area contributed by atoms with Gasteiger partial charge in [0.2, 0.25) is 0 Å². The summed E-state index contributed by atoms with van der Waals surface area (Å²) in [5.74, 6) is 13.7. The van der Waals surface area contributed by atoms with Crippen LogP contribution in [-0.4, -0.2) is 10.7 Å². The van der Waals surface area contributed by atoms with Crippen molar-refractivity contribution in [2.24, 2.45) is 104 Å². The summed E-state index contributed by atoms with van der Waals surface area (Å²) in [5.41, 5.74) is 8.95. The molecule has 1 nitrogen and oxygen atoms in total. The molecule has 1 N–H and O–H groups in total. The van der Waals surface area contributed by atoms with Crippen LogP contribution in [0.4, 0.5) is 0 Å². The Balaban J connectivity index is 0.000000110. The van der Waals surface area contributed by atoms with Crippen molar-refractivity contribution >= 4 is 0 Å². The predicted octanol–water partition coefficient (Wildman–Crippen LogP) is 18.3. The third-order valence-corrected chi connectivity index (χ3v) is 22.5. The van der Waals surface area contributed by atoms with Crippen molar-refractivity contribution in [3.05, 3.63) is 34.4 Å². The zero-order chi connectivity index (χ0) is 46.4. The highest BCUT2D eigenvalue weighted by molar-refractivity contribution is 5.39. The number of aliphatic hydroxyl groups is 1. The Labute approximate surface area is 398 Å². The van der Waals surface area contributed by atoms with E-state index in [0.717, 1.165) is 107 Å². The molecule has 14 aliphatic carbocycles. The van der Waals surface area contributed by atoms with E-state index in [4.69, 9.17) is 0 Å². The van der Waals surface area contributed by atoms with Crippen molar-refractivity contribution in [3.8, 4) is 0 Å². The molecule has 0 amide bonds. The van der Waals surface area contributed by atoms with Gasteiger partial charge in [-0.05, 0) is 282 Å². The molecule has 0 saturated heterocycles. The topological polar surface area (TPSA) is 20.2 Å². The number of aryl methyl sites for hydroxylation is 3. The lowest BCUT2D eigenvalue weighted by molar-refractivity contribution is -0.177. The van der Waals surface area contributed by atoms with Crippen LogP contribution in [0, 0.1) is 125 Å². The Kier molecular flexibility index (Phi) is 14.1. The van der Waals surface area contributed by atoms with Gasteiger partial charge < -0.3 is 5.11 Å². The van der Waals surface area contributed by atoms with E-state index in [0.29, 0.717) is 22.2 Å². The number of benzene rings is 1. The van der Waals surface area contributed by atoms with Crippen molar-refractivity contribution in [1.29, 1.82) is 0 Å². The summed E-state index contributed by atoms with van der Waals surface area (Å²) in [6.45, 7) is 35.6. The van der Waals surface area contributed by atoms with Gasteiger partial charge in [-0.3, -0.25) is 0 Å². The normalized spacial score (nSPS) is 45.7. The van der Waals surface area contributed by atoms with E-state index in [9.17, 15) is 5.11 Å². The van der Waals surface area contributed by atoms with Gasteiger partial charge >= 0.3 is 0 Å². The Bertz CT molecular complexity index is 1660. The maximum atomic E-state index is 10.5. The smallest absolute Gasteiger partial charge is 0.0658 e. The first-order valence-corrected chi connectivity index (χ1v) is 28.6. The second-order valence-corrected chi connectivity index (χ2v) is 29.8. The van der Waals surface area contributed by atoms with Gasteiger partial charge in [0.25, 0.3) is 0 Å². The summed E-state index contributed by atoms with van der Waals surface area (Å²) < 4.78 is 0. The first-order valence-electron chi connectivity index (χ1n) is 28.6. The summed E-state index contributed by atoms with van der Waals surface area (Å²) in [6, 6.07) is 4.53. The van der Waals surface area contributed by atoms with E-state index in [2.05, 4.69) is 116 Å². The molecule has 364 valence electrons. The van der Waals surface area contributed by atoms with Crippen LogP contribution in [0.3, 0.4) is 0 Å². The number of fused-ring (bicyclic) bond motifs is 2. The quantitative estimate of drug-likeness (QED) is 0.312. The zero-order valence-electron chi connectivity index (χ0n) is 45.2. The molecule has 0 heterocycles. The fourth-order valence-corrected chi connectivity index (χ4v) is 21.2. The lowest BCUT2D eigenvalue weighted by atomic mass is 9.38. The molecule has 0 aliphatic heterocycles. The molecule has 64 heavy (non-hydrogen) atoms. The van der Waals surface area contributed by atoms with Gasteiger partial charge in [-0.25, -0.2) is 0 Å². The largest absolute Gasteiger partial charge is 0.390 e. The molecule has 15 rings (SSSR count). The van der Waals surface area contributed by atoms with Crippen molar-refractivity contribution < 1.29 is 5.11 Å². The second kappa shape index (κ2) is 18.2. The van der Waals surface area contributed by atoms with E-state index < -0.39 is 0 Å². The first kappa shape index (κ1) is 49.6. The first-order chi connectivity index (χ1) is 29.8. The third kappa shape index (κ3) is 10.1. The SMILES string of the molecule is CC(C)C12CC3CC(C)(CC(C)(C3)C1)C2.CC(C)C12CC3CC(CC(C3)C1)C2.CC(C)C12CC3CC(CC(O)(C3)C1)C2.CC(C)C1CC2CCC1C2.Cc1cc(C)c(C(C)C)c(C)c1. The molecule has 7 atom stereocenters. The van der Waals surface area contributed by atoms with Crippen LogP contribution in [0.1, 0.15) is 253 Å². The molecule has 0 aromatic heterocycles. The van der Waals surface area contributed by atoms with Crippen molar-refractivity contribution in [3.63, 3.8) is 0 Å². The number of rotatable bonds is 5. The Morgan fingerprint density at radius 2 is 0.906 bits per heavy atom. The molecule has 14 fully saturated rings. The standard InChI is InChI=1S/C15H26.C13H22O.C13H22.C12H18.C10H18/c1-11(2)15-7-12-5-13(3,9-15)8-14(4,6-12)10-15;1-9(2)12-4-10-3-11(5-12)7-13(14,6-10)8-12;1-9(2)13-6-10-3-11(7-13)5-12(4-10)8-13;1-8(2)12-10(4)6-9(3)7-11(12)5;1-7(2)10-6-8-3-4-9(10)5-8/h11-12H,5-10H2,1-4H3;9-11,14H,3-8H2,1-2H3;9-12H,3-8H2,1-2H3;6-8H,1-5H3;7-10H,3-6H2,1-2H3. The van der Waals surface area contributed by atoms with Gasteiger partial charge in [0.1, 0.15) is 0 Å². The van der Waals surface area contributed by atoms with Gasteiger partial charge in [-0.1, -0.05) is 107 Å². The van der Waals surface area contributed by atoms with E-state index in [1.165, 1.54) is 73.6 Å². The summed E-state index contributed by atoms with van der Waals surface area (Å²) in [5, 5.41) is 10.5. The Morgan fingerprint density at radius 1 is 0.453 bits per heavy atom. The van der Waals surface area contributed by atoms with E-state index in [1.54, 1.807) is 70.6 Å². The lowest BCUT2D eigenvalue weighted by Gasteiger charge is -2.67. The molecule has 1 aromatic rings. The highest BCUT2D eigenvalue weighted by Crippen LogP contribution is 2.71. The van der Waals surface area contributed by atoms with Crippen LogP contribution >= 0.6 is 0 Å². The highest BCUT2D eigenvalue weighted by atomic mass is 16.3. The van der Waals surface area contributed by atoms with E-state index >= 15 is 0 Å². The molecular formula is C63H106O. The average molecular weight is 880 g/mol. The maximum absolute atomic E-state index is 10.5. The molecular weight excluding hydrogens is 773 g/mol. The van der Waals surface area contributed by atoms with E-state index in [-0.39, 0.29) is 5.60 Å². The Morgan fingerprint density at radius 3 is 1.27 bits per heavy atom. The van der Waals surface area contributed by atoms with Crippen LogP contribution in [-0.2, 0) is 0 Å². The molecule has 0 radical (unpaired) electrons. The van der Waals surface area contributed by atoms with Crippen LogP contribution in [0.2, 0.25) is 0 Å². The number of hydrogen-bond donors (Lipinski definition) is 1. The van der Waals surface area contributed by atoms with Crippen LogP contribution in [0.15, 0.2) is 12.1 Å². The van der Waals surface area contributed by atoms with Crippen LogP contribution in [0.25, 0.3) is 0 Å².